The number of amides is 2. The summed E-state index contributed by atoms with van der Waals surface area (Å²) in [6.45, 7) is 3.96. The molecule has 6 heterocycles. The van der Waals surface area contributed by atoms with E-state index >= 15 is 4.39 Å². The number of ether oxygens (including phenoxy) is 1. The van der Waals surface area contributed by atoms with Crippen LogP contribution in [0.2, 0.25) is 0 Å². The molecule has 2 amide bonds. The summed E-state index contributed by atoms with van der Waals surface area (Å²) in [7, 11) is 1.47. The quantitative estimate of drug-likeness (QED) is 0.298. The van der Waals surface area contributed by atoms with Gasteiger partial charge in [0.25, 0.3) is 5.91 Å². The normalized spacial score (nSPS) is 18.6. The van der Waals surface area contributed by atoms with Gasteiger partial charge in [-0.2, -0.15) is 0 Å². The third kappa shape index (κ3) is 6.16. The molecule has 1 aromatic carbocycles. The summed E-state index contributed by atoms with van der Waals surface area (Å²) in [5.41, 5.74) is 2.77. The number of H-pyrrole nitrogens is 1. The van der Waals surface area contributed by atoms with Gasteiger partial charge in [0.15, 0.2) is 17.4 Å². The zero-order valence-electron chi connectivity index (χ0n) is 26.2. The number of hydrogen-bond acceptors (Lipinski definition) is 8. The second-order valence-corrected chi connectivity index (χ2v) is 12.2. The van der Waals surface area contributed by atoms with Crippen molar-refractivity contribution < 1.29 is 23.1 Å². The number of piperazine rings is 1. The lowest BCUT2D eigenvalue weighted by Gasteiger charge is -2.35. The van der Waals surface area contributed by atoms with Crippen molar-refractivity contribution in [1.82, 2.24) is 40.1 Å². The maximum Gasteiger partial charge on any atom is 0.270 e. The molecular weight excluding hydrogens is 608 g/mol. The Balaban J connectivity index is 1.12. The third-order valence-electron chi connectivity index (χ3n) is 9.31. The highest BCUT2D eigenvalue weighted by Crippen LogP contribution is 2.37. The Morgan fingerprint density at radius 2 is 1.94 bits per heavy atom. The molecule has 12 nitrogen and oxygen atoms in total. The Morgan fingerprint density at radius 3 is 2.68 bits per heavy atom. The van der Waals surface area contributed by atoms with Crippen molar-refractivity contribution in [2.45, 2.75) is 38.3 Å². The van der Waals surface area contributed by atoms with Gasteiger partial charge in [-0.1, -0.05) is 11.3 Å². The number of nitrogens with zero attached hydrogens (tertiary/aromatic N) is 7. The van der Waals surface area contributed by atoms with Gasteiger partial charge in [0.2, 0.25) is 5.91 Å². The number of halogens is 2. The number of aryl methyl sites for hydroxylation is 1. The molecule has 3 aromatic heterocycles. The molecule has 246 valence electrons. The summed E-state index contributed by atoms with van der Waals surface area (Å²) in [4.78, 5) is 39.6. The second kappa shape index (κ2) is 13.1. The first-order valence-electron chi connectivity index (χ1n) is 16.0. The number of rotatable bonds is 8. The van der Waals surface area contributed by atoms with Crippen molar-refractivity contribution in [1.29, 1.82) is 0 Å². The fraction of sp³-hybridized carbons (Fsp3) is 0.424. The van der Waals surface area contributed by atoms with Crippen LogP contribution in [0.15, 0.2) is 42.9 Å². The van der Waals surface area contributed by atoms with Gasteiger partial charge in [-0.25, -0.2) is 13.8 Å². The van der Waals surface area contributed by atoms with Crippen LogP contribution >= 0.6 is 0 Å². The highest BCUT2D eigenvalue weighted by Gasteiger charge is 2.30. The molecule has 3 aliphatic rings. The lowest BCUT2D eigenvalue weighted by molar-refractivity contribution is -0.131. The summed E-state index contributed by atoms with van der Waals surface area (Å²) < 4.78 is 37.1. The summed E-state index contributed by atoms with van der Waals surface area (Å²) in [5.74, 6) is -0.275. The Bertz CT molecular complexity index is 1810. The second-order valence-electron chi connectivity index (χ2n) is 12.2. The van der Waals surface area contributed by atoms with Crippen LogP contribution in [-0.2, 0) is 11.3 Å². The van der Waals surface area contributed by atoms with Crippen LogP contribution in [0.3, 0.4) is 0 Å². The van der Waals surface area contributed by atoms with Crippen molar-refractivity contribution in [3.63, 3.8) is 0 Å². The predicted octanol–water partition coefficient (Wildman–Crippen LogP) is 3.53. The standard InChI is InChI=1S/C33H37F2N9O3/c1-47-28-16-22(34)19-37-32(28)41-12-14-42(15-13-41)33(46)27-18-25-24(26-5-2-7-36-26)17-23(30(35)31(25)39-27)21-4-3-9-43(20-21)29(45)6-10-44-11-8-38-40-44/h4,8,11,16-19,26,36,39H,2-3,5-7,9-10,12-15,20H2,1H3. The van der Waals surface area contributed by atoms with Crippen molar-refractivity contribution >= 4 is 34.1 Å². The fourth-order valence-corrected chi connectivity index (χ4v) is 6.84. The Hall–Kier alpha value is -4.85. The van der Waals surface area contributed by atoms with Crippen LogP contribution < -0.4 is 15.0 Å². The van der Waals surface area contributed by atoms with E-state index in [4.69, 9.17) is 4.74 Å². The molecule has 2 fully saturated rings. The smallest absolute Gasteiger partial charge is 0.270 e. The van der Waals surface area contributed by atoms with Gasteiger partial charge in [0.1, 0.15) is 11.5 Å². The molecule has 0 spiro atoms. The van der Waals surface area contributed by atoms with Crippen LogP contribution in [0.5, 0.6) is 5.75 Å². The van der Waals surface area contributed by atoms with Gasteiger partial charge in [0.05, 0.1) is 31.6 Å². The molecule has 4 aromatic rings. The minimum absolute atomic E-state index is 0.0215. The highest BCUT2D eigenvalue weighted by molar-refractivity contribution is 6.00. The maximum absolute atomic E-state index is 16.4. The van der Waals surface area contributed by atoms with E-state index < -0.39 is 11.6 Å². The van der Waals surface area contributed by atoms with E-state index in [2.05, 4.69) is 25.6 Å². The largest absolute Gasteiger partial charge is 0.493 e. The molecule has 47 heavy (non-hydrogen) atoms. The van der Waals surface area contributed by atoms with E-state index in [1.807, 2.05) is 17.0 Å². The lowest BCUT2D eigenvalue weighted by atomic mass is 9.93. The Labute approximate surface area is 270 Å². The van der Waals surface area contributed by atoms with Crippen LogP contribution in [-0.4, -0.2) is 99.5 Å². The average molecular weight is 646 g/mol. The molecule has 3 aliphatic heterocycles. The lowest BCUT2D eigenvalue weighted by Crippen LogP contribution is -2.49. The molecule has 0 bridgehead atoms. The van der Waals surface area contributed by atoms with E-state index in [1.54, 1.807) is 32.9 Å². The zero-order valence-corrected chi connectivity index (χ0v) is 26.2. The molecule has 14 heteroatoms. The maximum atomic E-state index is 16.4. The predicted molar refractivity (Wildman–Crippen MR) is 171 cm³/mol. The van der Waals surface area contributed by atoms with Gasteiger partial charge < -0.3 is 29.7 Å². The monoisotopic (exact) mass is 645 g/mol. The van der Waals surface area contributed by atoms with Gasteiger partial charge in [-0.15, -0.1) is 5.10 Å². The summed E-state index contributed by atoms with van der Waals surface area (Å²) in [6.07, 6.45) is 9.27. The average Bonchev–Trinajstić information content (AvgIpc) is 3.91. The number of nitrogens with one attached hydrogen (secondary N) is 2. The number of aromatic nitrogens is 5. The molecular formula is C33H37F2N9O3. The first-order valence-corrected chi connectivity index (χ1v) is 16.0. The number of aromatic amines is 1. The van der Waals surface area contributed by atoms with Crippen LogP contribution in [0.4, 0.5) is 14.6 Å². The van der Waals surface area contributed by atoms with Crippen molar-refractivity contribution in [3.05, 3.63) is 71.3 Å². The van der Waals surface area contributed by atoms with Crippen LogP contribution in [0.1, 0.15) is 53.3 Å². The van der Waals surface area contributed by atoms with Gasteiger partial charge in [-0.3, -0.25) is 14.3 Å². The van der Waals surface area contributed by atoms with Crippen molar-refractivity contribution in [2.24, 2.45) is 0 Å². The van der Waals surface area contributed by atoms with E-state index in [-0.39, 0.29) is 24.3 Å². The number of benzene rings is 1. The fourth-order valence-electron chi connectivity index (χ4n) is 6.84. The van der Waals surface area contributed by atoms with Crippen molar-refractivity contribution in [2.75, 3.05) is 57.8 Å². The number of fused-ring (bicyclic) bond motifs is 1. The molecule has 2 saturated heterocycles. The van der Waals surface area contributed by atoms with Crippen LogP contribution in [0, 0.1) is 11.6 Å². The number of pyridine rings is 1. The van der Waals surface area contributed by atoms with Gasteiger partial charge in [-0.05, 0) is 49.1 Å². The summed E-state index contributed by atoms with van der Waals surface area (Å²) in [5, 5.41) is 11.9. The molecule has 1 atom stereocenters. The number of methoxy groups -OCH3 is 1. The summed E-state index contributed by atoms with van der Waals surface area (Å²) in [6, 6.07) is 5.00. The minimum atomic E-state index is -0.481. The molecule has 0 saturated carbocycles. The highest BCUT2D eigenvalue weighted by atomic mass is 19.1. The Morgan fingerprint density at radius 1 is 1.09 bits per heavy atom. The van der Waals surface area contributed by atoms with Gasteiger partial charge >= 0.3 is 0 Å². The zero-order chi connectivity index (χ0) is 32.5. The number of carbonyl (C=O) groups is 2. The molecule has 0 aliphatic carbocycles. The number of anilines is 1. The first kappa shape index (κ1) is 30.8. The van der Waals surface area contributed by atoms with Crippen LogP contribution in [0.25, 0.3) is 16.5 Å². The first-order chi connectivity index (χ1) is 22.9. The van der Waals surface area contributed by atoms with E-state index in [1.165, 1.54) is 13.2 Å². The molecule has 7 rings (SSSR count). The summed E-state index contributed by atoms with van der Waals surface area (Å²) >= 11 is 0. The van der Waals surface area contributed by atoms with Gasteiger partial charge in [0, 0.05) is 74.9 Å². The molecule has 2 N–H and O–H groups in total. The molecule has 1 unspecified atom stereocenters. The topological polar surface area (TPSA) is 125 Å². The minimum Gasteiger partial charge on any atom is -0.493 e. The van der Waals surface area contributed by atoms with E-state index in [0.717, 1.165) is 36.7 Å². The molecule has 0 radical (unpaired) electrons. The Kier molecular flexibility index (Phi) is 8.58. The third-order valence-corrected chi connectivity index (χ3v) is 9.31. The number of carbonyl (C=O) groups excluding carboxylic acids is 2. The van der Waals surface area contributed by atoms with E-state index in [9.17, 15) is 14.0 Å². The van der Waals surface area contributed by atoms with E-state index in [0.29, 0.717) is 86.0 Å². The SMILES string of the molecule is COc1cc(F)cnc1N1CCN(C(=O)c2cc3c(C4CCCN4)cc(C4=CCCN(C(=O)CCn5ccnn5)C4)c(F)c3[nH]2)CC1. The number of hydrogen-bond donors (Lipinski definition) is 2. The van der Waals surface area contributed by atoms with Crippen molar-refractivity contribution in [3.8, 4) is 5.75 Å².